The molecule has 2 rings (SSSR count). The van der Waals surface area contributed by atoms with Gasteiger partial charge in [0.1, 0.15) is 5.54 Å². The highest BCUT2D eigenvalue weighted by Gasteiger charge is 2.58. The van der Waals surface area contributed by atoms with Crippen molar-refractivity contribution in [1.29, 1.82) is 0 Å². The van der Waals surface area contributed by atoms with E-state index in [0.717, 1.165) is 64.7 Å². The molecule has 1 aliphatic carbocycles. The van der Waals surface area contributed by atoms with Crippen molar-refractivity contribution in [2.45, 2.75) is 162 Å². The molecule has 39 heavy (non-hydrogen) atoms. The van der Waals surface area contributed by atoms with Crippen molar-refractivity contribution in [2.24, 2.45) is 0 Å². The standard InChI is InChI=1S/C33H64N4O2/c1-5-9-13-19-25-34(26-20-14-10-6-2)29-36-31(38)33(23-17-18-24-33)37(32(36)39)30-35(27-21-15-11-7-3)28-22-16-12-8-4/h5-30H2,1-4H3. The lowest BCUT2D eigenvalue weighted by atomic mass is 9.96. The number of rotatable bonds is 24. The number of carbonyl (C=O) groups is 2. The van der Waals surface area contributed by atoms with Crippen LogP contribution in [0.2, 0.25) is 0 Å². The van der Waals surface area contributed by atoms with Crippen molar-refractivity contribution in [3.05, 3.63) is 0 Å². The summed E-state index contributed by atoms with van der Waals surface area (Å²) in [4.78, 5) is 36.6. The van der Waals surface area contributed by atoms with Crippen LogP contribution in [0.1, 0.15) is 156 Å². The summed E-state index contributed by atoms with van der Waals surface area (Å²) in [7, 11) is 0. The first-order chi connectivity index (χ1) is 19.0. The zero-order chi connectivity index (χ0) is 28.3. The molecule has 228 valence electrons. The summed E-state index contributed by atoms with van der Waals surface area (Å²) in [5.74, 6) is 0.0917. The van der Waals surface area contributed by atoms with Crippen molar-refractivity contribution >= 4 is 11.9 Å². The molecule has 0 bridgehead atoms. The fourth-order valence-electron chi connectivity index (χ4n) is 6.50. The zero-order valence-corrected chi connectivity index (χ0v) is 26.5. The Kier molecular flexibility index (Phi) is 17.3. The summed E-state index contributed by atoms with van der Waals surface area (Å²) in [6.07, 6.45) is 23.4. The Labute approximate surface area is 242 Å². The van der Waals surface area contributed by atoms with E-state index in [1.807, 2.05) is 4.90 Å². The molecule has 0 aromatic carbocycles. The third-order valence-electron chi connectivity index (χ3n) is 9.05. The van der Waals surface area contributed by atoms with Gasteiger partial charge < -0.3 is 0 Å². The van der Waals surface area contributed by atoms with Crippen LogP contribution < -0.4 is 0 Å². The molecule has 6 heteroatoms. The molecular formula is C33H64N4O2. The lowest BCUT2D eigenvalue weighted by molar-refractivity contribution is -0.135. The van der Waals surface area contributed by atoms with Gasteiger partial charge in [0.25, 0.3) is 5.91 Å². The Balaban J connectivity index is 2.13. The molecule has 1 saturated heterocycles. The summed E-state index contributed by atoms with van der Waals surface area (Å²) < 4.78 is 0. The lowest BCUT2D eigenvalue weighted by Gasteiger charge is -2.36. The van der Waals surface area contributed by atoms with Crippen molar-refractivity contribution in [3.8, 4) is 0 Å². The number of hydrogen-bond donors (Lipinski definition) is 0. The molecule has 1 spiro atoms. The monoisotopic (exact) mass is 549 g/mol. The summed E-state index contributed by atoms with van der Waals surface area (Å²) in [5.41, 5.74) is -0.599. The van der Waals surface area contributed by atoms with Gasteiger partial charge in [-0.25, -0.2) is 9.69 Å². The van der Waals surface area contributed by atoms with Crippen LogP contribution in [0, 0.1) is 0 Å². The molecule has 1 aliphatic heterocycles. The van der Waals surface area contributed by atoms with E-state index in [2.05, 4.69) is 37.5 Å². The third-order valence-corrected chi connectivity index (χ3v) is 9.05. The first-order valence-electron chi connectivity index (χ1n) is 17.1. The largest absolute Gasteiger partial charge is 0.329 e. The van der Waals surface area contributed by atoms with Gasteiger partial charge in [-0.15, -0.1) is 0 Å². The molecule has 0 atom stereocenters. The number of amides is 3. The highest BCUT2D eigenvalue weighted by atomic mass is 16.2. The number of unbranched alkanes of at least 4 members (excludes halogenated alkanes) is 12. The number of nitrogens with zero attached hydrogens (tertiary/aromatic N) is 4. The van der Waals surface area contributed by atoms with Gasteiger partial charge in [-0.05, 0) is 64.7 Å². The van der Waals surface area contributed by atoms with Crippen LogP contribution >= 0.6 is 0 Å². The Bertz CT molecular complexity index is 640. The molecule has 0 unspecified atom stereocenters. The molecule has 3 amide bonds. The SMILES string of the molecule is CCCCCCN(CCCCCC)CN1C(=O)N(CN(CCCCCC)CCCCCC)C2(CCCC2)C1=O. The minimum absolute atomic E-state index is 0.0267. The van der Waals surface area contributed by atoms with Crippen molar-refractivity contribution in [2.75, 3.05) is 39.5 Å². The highest BCUT2D eigenvalue weighted by Crippen LogP contribution is 2.42. The van der Waals surface area contributed by atoms with Crippen LogP contribution in [0.25, 0.3) is 0 Å². The molecule has 1 saturated carbocycles. The van der Waals surface area contributed by atoms with E-state index in [1.165, 1.54) is 89.9 Å². The van der Waals surface area contributed by atoms with Crippen LogP contribution in [0.15, 0.2) is 0 Å². The predicted molar refractivity (Wildman–Crippen MR) is 165 cm³/mol. The van der Waals surface area contributed by atoms with Crippen molar-refractivity contribution < 1.29 is 9.59 Å². The number of hydrogen-bond acceptors (Lipinski definition) is 4. The van der Waals surface area contributed by atoms with Gasteiger partial charge >= 0.3 is 6.03 Å². The summed E-state index contributed by atoms with van der Waals surface area (Å²) in [5, 5.41) is 0. The van der Waals surface area contributed by atoms with Gasteiger partial charge in [0.15, 0.2) is 0 Å². The van der Waals surface area contributed by atoms with E-state index in [-0.39, 0.29) is 11.9 Å². The lowest BCUT2D eigenvalue weighted by Crippen LogP contribution is -2.52. The van der Waals surface area contributed by atoms with Gasteiger partial charge in [0, 0.05) is 0 Å². The maximum absolute atomic E-state index is 14.0. The first-order valence-corrected chi connectivity index (χ1v) is 17.1. The Morgan fingerprint density at radius 2 is 0.949 bits per heavy atom. The topological polar surface area (TPSA) is 47.1 Å². The highest BCUT2D eigenvalue weighted by molar-refractivity contribution is 6.07. The quantitative estimate of drug-likeness (QED) is 0.0897. The molecule has 0 radical (unpaired) electrons. The Morgan fingerprint density at radius 3 is 1.33 bits per heavy atom. The van der Waals surface area contributed by atoms with Gasteiger partial charge in [-0.3, -0.25) is 19.5 Å². The normalized spacial score (nSPS) is 17.2. The van der Waals surface area contributed by atoms with E-state index in [4.69, 9.17) is 0 Å². The van der Waals surface area contributed by atoms with Gasteiger partial charge in [0.2, 0.25) is 0 Å². The van der Waals surface area contributed by atoms with Crippen molar-refractivity contribution in [3.63, 3.8) is 0 Å². The van der Waals surface area contributed by atoms with E-state index < -0.39 is 5.54 Å². The number of imide groups is 1. The maximum Gasteiger partial charge on any atom is 0.329 e. The Hall–Kier alpha value is -1.14. The molecule has 0 aromatic rings. The second-order valence-electron chi connectivity index (χ2n) is 12.4. The molecule has 6 nitrogen and oxygen atoms in total. The van der Waals surface area contributed by atoms with Crippen LogP contribution in [0.4, 0.5) is 4.79 Å². The van der Waals surface area contributed by atoms with Crippen LogP contribution in [-0.2, 0) is 4.79 Å². The smallest absolute Gasteiger partial charge is 0.297 e. The van der Waals surface area contributed by atoms with Crippen LogP contribution in [0.5, 0.6) is 0 Å². The fourth-order valence-corrected chi connectivity index (χ4v) is 6.50. The molecule has 0 aromatic heterocycles. The molecule has 2 aliphatic rings. The van der Waals surface area contributed by atoms with E-state index >= 15 is 0 Å². The van der Waals surface area contributed by atoms with Gasteiger partial charge in [0.05, 0.1) is 13.3 Å². The summed E-state index contributed by atoms with van der Waals surface area (Å²) in [6, 6.07) is -0.0267. The number of carbonyl (C=O) groups excluding carboxylic acids is 2. The summed E-state index contributed by atoms with van der Waals surface area (Å²) >= 11 is 0. The van der Waals surface area contributed by atoms with Crippen LogP contribution in [-0.4, -0.2) is 76.6 Å². The van der Waals surface area contributed by atoms with Crippen LogP contribution in [0.3, 0.4) is 0 Å². The van der Waals surface area contributed by atoms with Gasteiger partial charge in [-0.1, -0.05) is 118 Å². The second-order valence-corrected chi connectivity index (χ2v) is 12.4. The van der Waals surface area contributed by atoms with E-state index in [0.29, 0.717) is 13.3 Å². The second kappa shape index (κ2) is 19.9. The number of urea groups is 1. The van der Waals surface area contributed by atoms with Crippen molar-refractivity contribution in [1.82, 2.24) is 19.6 Å². The van der Waals surface area contributed by atoms with E-state index in [1.54, 1.807) is 4.90 Å². The fraction of sp³-hybridized carbons (Fsp3) is 0.939. The molecule has 0 N–H and O–H groups in total. The van der Waals surface area contributed by atoms with E-state index in [9.17, 15) is 9.59 Å². The third kappa shape index (κ3) is 11.0. The molecule has 2 fully saturated rings. The molecular weight excluding hydrogens is 484 g/mol. The first kappa shape index (κ1) is 34.1. The maximum atomic E-state index is 14.0. The minimum atomic E-state index is -0.599. The molecule has 1 heterocycles. The average molecular weight is 549 g/mol. The minimum Gasteiger partial charge on any atom is -0.297 e. The zero-order valence-electron chi connectivity index (χ0n) is 26.5. The Morgan fingerprint density at radius 1 is 0.564 bits per heavy atom. The predicted octanol–water partition coefficient (Wildman–Crippen LogP) is 8.40. The summed E-state index contributed by atoms with van der Waals surface area (Å²) in [6.45, 7) is 14.1. The van der Waals surface area contributed by atoms with Gasteiger partial charge in [-0.2, -0.15) is 0 Å². The average Bonchev–Trinajstić information content (AvgIpc) is 3.50.